The Labute approximate surface area is 102 Å². The van der Waals surface area contributed by atoms with Crippen molar-refractivity contribution in [2.45, 2.75) is 0 Å². The average Bonchev–Trinajstić information content (AvgIpc) is 2.90. The maximum absolute atomic E-state index is 11.6. The molecule has 3 aromatic rings. The van der Waals surface area contributed by atoms with Crippen molar-refractivity contribution in [1.82, 2.24) is 20.2 Å². The molecule has 90 valence electrons. The summed E-state index contributed by atoms with van der Waals surface area (Å²) < 4.78 is 5.23. The van der Waals surface area contributed by atoms with E-state index >= 15 is 0 Å². The molecule has 0 fully saturated rings. The first-order chi connectivity index (χ1) is 8.79. The van der Waals surface area contributed by atoms with Crippen LogP contribution in [0.3, 0.4) is 0 Å². The summed E-state index contributed by atoms with van der Waals surface area (Å²) in [4.78, 5) is 18.3. The zero-order valence-corrected chi connectivity index (χ0v) is 9.60. The molecule has 0 aliphatic rings. The van der Waals surface area contributed by atoms with Gasteiger partial charge in [0.2, 0.25) is 0 Å². The number of nitrogens with zero attached hydrogens (tertiary/aromatic N) is 2. The van der Waals surface area contributed by atoms with Crippen molar-refractivity contribution in [3.05, 3.63) is 41.1 Å². The largest absolute Gasteiger partial charge is 0.495 e. The lowest BCUT2D eigenvalue weighted by molar-refractivity contribution is 0.418. The lowest BCUT2D eigenvalue weighted by Crippen LogP contribution is -2.11. The molecular formula is C12H10N4O2. The second-order valence-corrected chi connectivity index (χ2v) is 3.76. The molecule has 2 aromatic heterocycles. The third-order valence-corrected chi connectivity index (χ3v) is 2.72. The monoisotopic (exact) mass is 242 g/mol. The van der Waals surface area contributed by atoms with E-state index in [9.17, 15) is 4.79 Å². The van der Waals surface area contributed by atoms with Gasteiger partial charge in [-0.05, 0) is 6.07 Å². The van der Waals surface area contributed by atoms with E-state index in [1.54, 1.807) is 25.6 Å². The third kappa shape index (κ3) is 1.55. The topological polar surface area (TPSA) is 83.7 Å². The molecule has 0 saturated heterocycles. The summed E-state index contributed by atoms with van der Waals surface area (Å²) in [6, 6.07) is 5.52. The van der Waals surface area contributed by atoms with Crippen LogP contribution in [0.4, 0.5) is 0 Å². The first-order valence-corrected chi connectivity index (χ1v) is 5.36. The number of ether oxygens (including phenoxy) is 1. The van der Waals surface area contributed by atoms with Gasteiger partial charge in [-0.3, -0.25) is 5.10 Å². The van der Waals surface area contributed by atoms with Crippen molar-refractivity contribution in [2.75, 3.05) is 7.11 Å². The minimum atomic E-state index is -0.414. The molecular weight excluding hydrogens is 232 g/mol. The molecule has 18 heavy (non-hydrogen) atoms. The molecule has 0 amide bonds. The number of benzene rings is 1. The van der Waals surface area contributed by atoms with E-state index in [4.69, 9.17) is 4.74 Å². The summed E-state index contributed by atoms with van der Waals surface area (Å²) in [5.41, 5.74) is 1.57. The highest BCUT2D eigenvalue weighted by molar-refractivity contribution is 5.94. The van der Waals surface area contributed by atoms with E-state index in [1.807, 2.05) is 12.1 Å². The van der Waals surface area contributed by atoms with Gasteiger partial charge in [-0.2, -0.15) is 10.1 Å². The molecule has 0 aliphatic heterocycles. The quantitative estimate of drug-likeness (QED) is 0.709. The summed E-state index contributed by atoms with van der Waals surface area (Å²) in [6.45, 7) is 0. The maximum Gasteiger partial charge on any atom is 0.346 e. The van der Waals surface area contributed by atoms with Crippen molar-refractivity contribution in [3.63, 3.8) is 0 Å². The van der Waals surface area contributed by atoms with Gasteiger partial charge in [0.15, 0.2) is 0 Å². The van der Waals surface area contributed by atoms with Crippen molar-refractivity contribution >= 4 is 10.9 Å². The predicted octanol–water partition coefficient (Wildman–Crippen LogP) is 1.32. The Bertz CT molecular complexity index is 746. The molecule has 0 saturated carbocycles. The number of hydrogen-bond acceptors (Lipinski definition) is 4. The van der Waals surface area contributed by atoms with Crippen LogP contribution >= 0.6 is 0 Å². The van der Waals surface area contributed by atoms with Gasteiger partial charge in [0.1, 0.15) is 5.75 Å². The van der Waals surface area contributed by atoms with Crippen LogP contribution in [-0.2, 0) is 0 Å². The first-order valence-electron chi connectivity index (χ1n) is 5.36. The molecule has 1 aromatic carbocycles. The van der Waals surface area contributed by atoms with E-state index in [-0.39, 0.29) is 0 Å². The number of methoxy groups -OCH3 is 1. The molecule has 6 heteroatoms. The molecule has 0 unspecified atom stereocenters. The molecule has 0 spiro atoms. The fourth-order valence-corrected chi connectivity index (χ4v) is 1.92. The van der Waals surface area contributed by atoms with Crippen molar-refractivity contribution in [2.24, 2.45) is 0 Å². The molecule has 0 radical (unpaired) electrons. The Morgan fingerprint density at radius 2 is 2.22 bits per heavy atom. The minimum absolute atomic E-state index is 0.414. The summed E-state index contributed by atoms with van der Waals surface area (Å²) in [7, 11) is 1.56. The van der Waals surface area contributed by atoms with Gasteiger partial charge in [0.05, 0.1) is 24.5 Å². The van der Waals surface area contributed by atoms with Crippen molar-refractivity contribution < 1.29 is 4.74 Å². The molecule has 2 N–H and O–H groups in total. The lowest BCUT2D eigenvalue weighted by Gasteiger charge is -2.07. The standard InChI is InChI=1S/C12H10N4O2/c1-18-9-4-2-3-8-10(7-5-13-14-6-7)15-12(17)16-11(8)9/h2-6H,1H3,(H,13,14)(H,15,16,17). The van der Waals surface area contributed by atoms with Gasteiger partial charge in [-0.1, -0.05) is 12.1 Å². The van der Waals surface area contributed by atoms with Gasteiger partial charge in [-0.15, -0.1) is 0 Å². The predicted molar refractivity (Wildman–Crippen MR) is 66.5 cm³/mol. The normalized spacial score (nSPS) is 10.7. The van der Waals surface area contributed by atoms with E-state index in [0.29, 0.717) is 17.0 Å². The number of aromatic amines is 2. The highest BCUT2D eigenvalue weighted by Gasteiger charge is 2.11. The average molecular weight is 242 g/mol. The second kappa shape index (κ2) is 3.99. The number of nitrogens with one attached hydrogen (secondary N) is 2. The van der Waals surface area contributed by atoms with Gasteiger partial charge < -0.3 is 9.72 Å². The van der Waals surface area contributed by atoms with Crippen LogP contribution in [0, 0.1) is 0 Å². The van der Waals surface area contributed by atoms with Crippen LogP contribution in [-0.4, -0.2) is 27.3 Å². The van der Waals surface area contributed by atoms with Crippen molar-refractivity contribution in [3.8, 4) is 17.0 Å². The Morgan fingerprint density at radius 3 is 2.94 bits per heavy atom. The van der Waals surface area contributed by atoms with E-state index in [1.165, 1.54) is 0 Å². The van der Waals surface area contributed by atoms with Gasteiger partial charge in [-0.25, -0.2) is 4.79 Å². The first kappa shape index (κ1) is 10.5. The van der Waals surface area contributed by atoms with Crippen molar-refractivity contribution in [1.29, 1.82) is 0 Å². The molecule has 0 aliphatic carbocycles. The van der Waals surface area contributed by atoms with Crippen LogP contribution < -0.4 is 10.4 Å². The number of hydrogen-bond donors (Lipinski definition) is 2. The molecule has 3 rings (SSSR count). The SMILES string of the molecule is COc1cccc2c(-c3cn[nH]c3)nc(=O)[nH]c12. The van der Waals surface area contributed by atoms with Crippen LogP contribution in [0.2, 0.25) is 0 Å². The number of rotatable bonds is 2. The molecule has 2 heterocycles. The second-order valence-electron chi connectivity index (χ2n) is 3.76. The summed E-state index contributed by atoms with van der Waals surface area (Å²) >= 11 is 0. The Morgan fingerprint density at radius 1 is 1.33 bits per heavy atom. The number of aromatic nitrogens is 4. The molecule has 0 bridgehead atoms. The zero-order valence-electron chi connectivity index (χ0n) is 9.60. The fourth-order valence-electron chi connectivity index (χ4n) is 1.92. The fraction of sp³-hybridized carbons (Fsp3) is 0.0833. The van der Waals surface area contributed by atoms with E-state index in [0.717, 1.165) is 10.9 Å². The molecule has 0 atom stereocenters. The van der Waals surface area contributed by atoms with Crippen LogP contribution in [0.1, 0.15) is 0 Å². The van der Waals surface area contributed by atoms with Gasteiger partial charge >= 0.3 is 5.69 Å². The lowest BCUT2D eigenvalue weighted by atomic mass is 10.1. The van der Waals surface area contributed by atoms with Crippen LogP contribution in [0.25, 0.3) is 22.2 Å². The summed E-state index contributed by atoms with van der Waals surface area (Å²) in [6.07, 6.45) is 3.32. The Kier molecular flexibility index (Phi) is 2.33. The van der Waals surface area contributed by atoms with Crippen LogP contribution in [0.15, 0.2) is 35.4 Å². The smallest absolute Gasteiger partial charge is 0.346 e. The Balaban J connectivity index is 2.42. The van der Waals surface area contributed by atoms with E-state index in [2.05, 4.69) is 20.2 Å². The third-order valence-electron chi connectivity index (χ3n) is 2.72. The molecule has 6 nitrogen and oxygen atoms in total. The zero-order chi connectivity index (χ0) is 12.5. The summed E-state index contributed by atoms with van der Waals surface area (Å²) in [5.74, 6) is 0.608. The summed E-state index contributed by atoms with van der Waals surface area (Å²) in [5, 5.41) is 7.39. The number of H-pyrrole nitrogens is 2. The highest BCUT2D eigenvalue weighted by Crippen LogP contribution is 2.28. The van der Waals surface area contributed by atoms with Gasteiger partial charge in [0, 0.05) is 17.1 Å². The van der Waals surface area contributed by atoms with E-state index < -0.39 is 5.69 Å². The minimum Gasteiger partial charge on any atom is -0.495 e. The number of para-hydroxylation sites is 1. The Hall–Kier alpha value is -2.63. The highest BCUT2D eigenvalue weighted by atomic mass is 16.5. The number of fused-ring (bicyclic) bond motifs is 1. The van der Waals surface area contributed by atoms with Gasteiger partial charge in [0.25, 0.3) is 0 Å². The maximum atomic E-state index is 11.6. The van der Waals surface area contributed by atoms with Crippen LogP contribution in [0.5, 0.6) is 5.75 Å².